The van der Waals surface area contributed by atoms with E-state index in [1.54, 1.807) is 13.3 Å². The van der Waals surface area contributed by atoms with E-state index < -0.39 is 0 Å². The van der Waals surface area contributed by atoms with Crippen LogP contribution in [0.25, 0.3) is 0 Å². The third-order valence-corrected chi connectivity index (χ3v) is 4.16. The maximum atomic E-state index is 9.40. The molecule has 1 saturated heterocycles. The molecule has 124 valence electrons. The molecule has 1 fully saturated rings. The average Bonchev–Trinajstić information content (AvgIpc) is 2.67. The molecule has 0 amide bonds. The maximum Gasteiger partial charge on any atom is 0.164 e. The van der Waals surface area contributed by atoms with E-state index in [0.717, 1.165) is 35.9 Å². The topological polar surface area (TPSA) is 61.6 Å². The first-order chi connectivity index (χ1) is 11.7. The van der Waals surface area contributed by atoms with Gasteiger partial charge in [0.25, 0.3) is 0 Å². The summed E-state index contributed by atoms with van der Waals surface area (Å²) in [5.41, 5.74) is 3.16. The molecule has 0 aliphatic carbocycles. The number of anilines is 3. The van der Waals surface area contributed by atoms with Gasteiger partial charge in [0.05, 0.1) is 37.9 Å². The Balaban J connectivity index is 1.93. The number of nitrogens with zero attached hydrogens (tertiary/aromatic N) is 4. The van der Waals surface area contributed by atoms with Gasteiger partial charge in [-0.1, -0.05) is 0 Å². The van der Waals surface area contributed by atoms with Crippen molar-refractivity contribution in [2.24, 2.45) is 0 Å². The highest BCUT2D eigenvalue weighted by molar-refractivity contribution is 5.71. The summed E-state index contributed by atoms with van der Waals surface area (Å²) >= 11 is 0. The van der Waals surface area contributed by atoms with Gasteiger partial charge in [0, 0.05) is 25.8 Å². The summed E-state index contributed by atoms with van der Waals surface area (Å²) in [6.45, 7) is 3.09. The van der Waals surface area contributed by atoms with Gasteiger partial charge >= 0.3 is 0 Å². The van der Waals surface area contributed by atoms with Crippen LogP contribution in [-0.2, 0) is 4.74 Å². The minimum atomic E-state index is 0.408. The second-order valence-electron chi connectivity index (χ2n) is 5.53. The molecule has 6 heteroatoms. The second-order valence-corrected chi connectivity index (χ2v) is 5.53. The number of pyridine rings is 1. The van der Waals surface area contributed by atoms with Crippen LogP contribution in [0.1, 0.15) is 5.69 Å². The summed E-state index contributed by atoms with van der Waals surface area (Å²) in [6, 6.07) is 11.9. The average molecular weight is 324 g/mol. The van der Waals surface area contributed by atoms with Crippen LogP contribution < -0.4 is 14.5 Å². The predicted octanol–water partition coefficient (Wildman–Crippen LogP) is 2.57. The van der Waals surface area contributed by atoms with Crippen LogP contribution in [0, 0.1) is 11.3 Å². The molecule has 1 aromatic heterocycles. The molecule has 0 bridgehead atoms. The van der Waals surface area contributed by atoms with Crippen LogP contribution in [0.3, 0.4) is 0 Å². The van der Waals surface area contributed by atoms with Crippen LogP contribution in [0.15, 0.2) is 36.5 Å². The van der Waals surface area contributed by atoms with Gasteiger partial charge in [0.15, 0.2) is 5.69 Å². The lowest BCUT2D eigenvalue weighted by atomic mass is 10.2. The summed E-state index contributed by atoms with van der Waals surface area (Å²) in [6.07, 6.45) is 1.76. The van der Waals surface area contributed by atoms with E-state index in [4.69, 9.17) is 9.47 Å². The standard InChI is InChI=1S/C18H20N4O2/c1-21(14-3-5-16(23-2)6-4-14)18-11-15(13-20-17(18)12-19)22-7-9-24-10-8-22/h3-6,11,13H,7-10H2,1-2H3. The van der Waals surface area contributed by atoms with Gasteiger partial charge in [-0.25, -0.2) is 4.98 Å². The third kappa shape index (κ3) is 3.26. The molecule has 0 N–H and O–H groups in total. The number of morpholine rings is 1. The molecule has 0 spiro atoms. The summed E-state index contributed by atoms with van der Waals surface area (Å²) in [5, 5.41) is 9.40. The van der Waals surface area contributed by atoms with Gasteiger partial charge in [0.1, 0.15) is 11.8 Å². The smallest absolute Gasteiger partial charge is 0.164 e. The summed E-state index contributed by atoms with van der Waals surface area (Å²) in [5.74, 6) is 0.799. The number of benzene rings is 1. The van der Waals surface area contributed by atoms with Crippen molar-refractivity contribution in [1.82, 2.24) is 4.98 Å². The molecule has 1 aliphatic heterocycles. The molecule has 0 atom stereocenters. The van der Waals surface area contributed by atoms with E-state index in [1.807, 2.05) is 42.3 Å². The molecule has 24 heavy (non-hydrogen) atoms. The SMILES string of the molecule is COc1ccc(N(C)c2cc(N3CCOCC3)cnc2C#N)cc1. The van der Waals surface area contributed by atoms with E-state index >= 15 is 0 Å². The largest absolute Gasteiger partial charge is 0.497 e. The molecule has 2 heterocycles. The number of methoxy groups -OCH3 is 1. The number of hydrogen-bond donors (Lipinski definition) is 0. The van der Waals surface area contributed by atoms with Crippen molar-refractivity contribution in [3.8, 4) is 11.8 Å². The Morgan fingerprint density at radius 1 is 1.25 bits per heavy atom. The lowest BCUT2D eigenvalue weighted by molar-refractivity contribution is 0.122. The lowest BCUT2D eigenvalue weighted by Crippen LogP contribution is -2.36. The van der Waals surface area contributed by atoms with Crippen molar-refractivity contribution < 1.29 is 9.47 Å². The first-order valence-electron chi connectivity index (χ1n) is 7.83. The fourth-order valence-corrected chi connectivity index (χ4v) is 2.72. The van der Waals surface area contributed by atoms with E-state index in [0.29, 0.717) is 18.9 Å². The van der Waals surface area contributed by atoms with Crippen LogP contribution in [0.4, 0.5) is 17.1 Å². The van der Waals surface area contributed by atoms with Crippen LogP contribution in [0.5, 0.6) is 5.75 Å². The van der Waals surface area contributed by atoms with Gasteiger partial charge in [-0.2, -0.15) is 5.26 Å². The van der Waals surface area contributed by atoms with Crippen LogP contribution >= 0.6 is 0 Å². The van der Waals surface area contributed by atoms with Gasteiger partial charge in [-0.15, -0.1) is 0 Å². The number of nitriles is 1. The van der Waals surface area contributed by atoms with Gasteiger partial charge in [-0.05, 0) is 30.3 Å². The molecular formula is C18H20N4O2. The quantitative estimate of drug-likeness (QED) is 0.861. The molecule has 3 rings (SSSR count). The number of ether oxygens (including phenoxy) is 2. The molecule has 1 aromatic carbocycles. The first kappa shape index (κ1) is 16.1. The van der Waals surface area contributed by atoms with Crippen molar-refractivity contribution in [3.05, 3.63) is 42.2 Å². The molecule has 6 nitrogen and oxygen atoms in total. The van der Waals surface area contributed by atoms with Crippen molar-refractivity contribution in [2.75, 3.05) is 50.3 Å². The monoisotopic (exact) mass is 324 g/mol. The van der Waals surface area contributed by atoms with Crippen LogP contribution in [0.2, 0.25) is 0 Å². The summed E-state index contributed by atoms with van der Waals surface area (Å²) in [7, 11) is 3.57. The molecule has 1 aliphatic rings. The Bertz CT molecular complexity index is 734. The van der Waals surface area contributed by atoms with E-state index in [2.05, 4.69) is 16.0 Å². The van der Waals surface area contributed by atoms with Crippen LogP contribution in [-0.4, -0.2) is 45.4 Å². The van der Waals surface area contributed by atoms with Gasteiger partial charge in [-0.3, -0.25) is 0 Å². The van der Waals surface area contributed by atoms with Crippen molar-refractivity contribution in [1.29, 1.82) is 5.26 Å². The fraction of sp³-hybridized carbons (Fsp3) is 0.333. The fourth-order valence-electron chi connectivity index (χ4n) is 2.72. The summed E-state index contributed by atoms with van der Waals surface area (Å²) < 4.78 is 10.6. The van der Waals surface area contributed by atoms with Gasteiger partial charge in [0.2, 0.25) is 0 Å². The highest BCUT2D eigenvalue weighted by Gasteiger charge is 2.16. The Hall–Kier alpha value is -2.78. The van der Waals surface area contributed by atoms with E-state index in [9.17, 15) is 5.26 Å². The van der Waals surface area contributed by atoms with E-state index in [1.165, 1.54) is 0 Å². The first-order valence-corrected chi connectivity index (χ1v) is 7.83. The highest BCUT2D eigenvalue weighted by Crippen LogP contribution is 2.30. The zero-order valence-corrected chi connectivity index (χ0v) is 13.9. The Morgan fingerprint density at radius 3 is 2.58 bits per heavy atom. The Morgan fingerprint density at radius 2 is 1.96 bits per heavy atom. The normalized spacial score (nSPS) is 14.1. The van der Waals surface area contributed by atoms with E-state index in [-0.39, 0.29) is 0 Å². The molecule has 0 radical (unpaired) electrons. The minimum absolute atomic E-state index is 0.408. The molecule has 0 saturated carbocycles. The zero-order chi connectivity index (χ0) is 16.9. The van der Waals surface area contributed by atoms with Crippen molar-refractivity contribution in [3.63, 3.8) is 0 Å². The second kappa shape index (κ2) is 7.20. The number of aromatic nitrogens is 1. The predicted molar refractivity (Wildman–Crippen MR) is 93.0 cm³/mol. The Kier molecular flexibility index (Phi) is 4.82. The van der Waals surface area contributed by atoms with Crippen molar-refractivity contribution >= 4 is 17.1 Å². The zero-order valence-electron chi connectivity index (χ0n) is 13.9. The van der Waals surface area contributed by atoms with Crippen molar-refractivity contribution in [2.45, 2.75) is 0 Å². The Labute approximate surface area is 141 Å². The lowest BCUT2D eigenvalue weighted by Gasteiger charge is -2.30. The number of rotatable bonds is 4. The third-order valence-electron chi connectivity index (χ3n) is 4.16. The molecular weight excluding hydrogens is 304 g/mol. The van der Waals surface area contributed by atoms with Gasteiger partial charge < -0.3 is 19.3 Å². The highest BCUT2D eigenvalue weighted by atomic mass is 16.5. The molecule has 2 aromatic rings. The minimum Gasteiger partial charge on any atom is -0.497 e. The molecule has 0 unspecified atom stereocenters. The summed E-state index contributed by atoms with van der Waals surface area (Å²) in [4.78, 5) is 8.54. The maximum absolute atomic E-state index is 9.40. The number of hydrogen-bond acceptors (Lipinski definition) is 6.